The lowest BCUT2D eigenvalue weighted by atomic mass is 10.1. The lowest BCUT2D eigenvalue weighted by Crippen LogP contribution is -2.41. The molecule has 136 valence electrons. The van der Waals surface area contributed by atoms with Gasteiger partial charge in [-0.2, -0.15) is 4.98 Å². The fraction of sp³-hybridized carbons (Fsp3) is 0.588. The van der Waals surface area contributed by atoms with Crippen molar-refractivity contribution < 1.29 is 18.5 Å². The van der Waals surface area contributed by atoms with Crippen LogP contribution in [0.3, 0.4) is 0 Å². The molecule has 2 aromatic heterocycles. The molecule has 8 heteroatoms. The van der Waals surface area contributed by atoms with Gasteiger partial charge in [-0.25, -0.2) is 4.79 Å². The van der Waals surface area contributed by atoms with E-state index in [1.165, 1.54) is 0 Å². The van der Waals surface area contributed by atoms with E-state index in [0.29, 0.717) is 24.7 Å². The minimum Gasteiger partial charge on any atom is -0.466 e. The quantitative estimate of drug-likeness (QED) is 0.913. The van der Waals surface area contributed by atoms with Gasteiger partial charge in [0.1, 0.15) is 17.6 Å². The van der Waals surface area contributed by atoms with Gasteiger partial charge < -0.3 is 23.9 Å². The number of hydrogen-bond acceptors (Lipinski definition) is 6. The Hall–Kier alpha value is -2.35. The molecule has 1 N–H and O–H groups in total. The third kappa shape index (κ3) is 3.53. The molecule has 2 amide bonds. The molecule has 0 saturated carbocycles. The summed E-state index contributed by atoms with van der Waals surface area (Å²) >= 11 is 0. The number of hydrogen-bond donors (Lipinski definition) is 1. The second-order valence-electron chi connectivity index (χ2n) is 6.48. The number of amides is 2. The second-order valence-corrected chi connectivity index (χ2v) is 6.48. The smallest absolute Gasteiger partial charge is 0.318 e. The van der Waals surface area contributed by atoms with Crippen molar-refractivity contribution in [3.8, 4) is 0 Å². The number of aromatic nitrogens is 2. The number of furan rings is 1. The first-order valence-corrected chi connectivity index (χ1v) is 8.36. The number of nitrogens with one attached hydrogen (secondary N) is 1. The predicted molar refractivity (Wildman–Crippen MR) is 89.0 cm³/mol. The van der Waals surface area contributed by atoms with Crippen LogP contribution < -0.4 is 5.32 Å². The van der Waals surface area contributed by atoms with Crippen LogP contribution in [-0.2, 0) is 4.74 Å². The number of carbonyl (C=O) groups excluding carboxylic acids is 1. The second kappa shape index (κ2) is 6.87. The van der Waals surface area contributed by atoms with E-state index in [0.717, 1.165) is 17.1 Å². The minimum atomic E-state index is -0.287. The number of nitrogens with zero attached hydrogens (tertiary/aromatic N) is 3. The van der Waals surface area contributed by atoms with E-state index in [1.807, 2.05) is 26.8 Å². The molecule has 8 nitrogen and oxygen atoms in total. The van der Waals surface area contributed by atoms with Crippen LogP contribution in [0.5, 0.6) is 0 Å². The highest BCUT2D eigenvalue weighted by Crippen LogP contribution is 2.33. The lowest BCUT2D eigenvalue weighted by Gasteiger charge is -2.24. The summed E-state index contributed by atoms with van der Waals surface area (Å²) in [5, 5.41) is 6.86. The number of methoxy groups -OCH3 is 1. The molecule has 1 saturated heterocycles. The van der Waals surface area contributed by atoms with E-state index in [2.05, 4.69) is 15.5 Å². The van der Waals surface area contributed by atoms with E-state index in [-0.39, 0.29) is 24.2 Å². The Morgan fingerprint density at radius 3 is 2.76 bits per heavy atom. The molecule has 1 aliphatic heterocycles. The summed E-state index contributed by atoms with van der Waals surface area (Å²) in [7, 11) is 1.64. The first-order valence-electron chi connectivity index (χ1n) is 8.36. The Balaban J connectivity index is 1.75. The molecule has 2 aromatic rings. The molecule has 0 bridgehead atoms. The zero-order valence-electron chi connectivity index (χ0n) is 15.2. The predicted octanol–water partition coefficient (Wildman–Crippen LogP) is 2.82. The molecule has 3 rings (SSSR count). The summed E-state index contributed by atoms with van der Waals surface area (Å²) < 4.78 is 16.3. The van der Waals surface area contributed by atoms with Gasteiger partial charge in [0.05, 0.1) is 12.1 Å². The van der Waals surface area contributed by atoms with Gasteiger partial charge in [-0.15, -0.1) is 0 Å². The van der Waals surface area contributed by atoms with Crippen molar-refractivity contribution in [2.24, 2.45) is 0 Å². The molecule has 1 fully saturated rings. The van der Waals surface area contributed by atoms with Crippen molar-refractivity contribution >= 4 is 6.03 Å². The van der Waals surface area contributed by atoms with Crippen molar-refractivity contribution in [1.82, 2.24) is 20.4 Å². The van der Waals surface area contributed by atoms with Gasteiger partial charge in [0.15, 0.2) is 5.82 Å². The van der Waals surface area contributed by atoms with E-state index < -0.39 is 0 Å². The van der Waals surface area contributed by atoms with Gasteiger partial charge in [-0.3, -0.25) is 0 Å². The lowest BCUT2D eigenvalue weighted by molar-refractivity contribution is 0.110. The number of urea groups is 1. The molecule has 0 aromatic carbocycles. The fourth-order valence-corrected chi connectivity index (χ4v) is 3.30. The number of likely N-dealkylation sites (tertiary alicyclic amines) is 1. The molecular weight excluding hydrogens is 324 g/mol. The van der Waals surface area contributed by atoms with Crippen LogP contribution in [0.4, 0.5) is 4.79 Å². The highest BCUT2D eigenvalue weighted by Gasteiger charge is 2.40. The molecule has 3 heterocycles. The summed E-state index contributed by atoms with van der Waals surface area (Å²) in [6.45, 7) is 7.95. The first-order chi connectivity index (χ1) is 11.9. The normalized spacial score (nSPS) is 21.6. The highest BCUT2D eigenvalue weighted by atomic mass is 16.5. The van der Waals surface area contributed by atoms with Gasteiger partial charge in [0.2, 0.25) is 5.89 Å². The van der Waals surface area contributed by atoms with Crippen LogP contribution >= 0.6 is 0 Å². The standard InChI is InChI=1S/C17H24N4O4/c1-9-6-14(11(3)24-9)10(2)18-17(22)21-8-13(23-5)7-15(21)16-19-12(4)20-25-16/h6,10,13,15H,7-8H2,1-5H3,(H,18,22)/t10-,13-,15+/m0/s1. The van der Waals surface area contributed by atoms with Crippen molar-refractivity contribution in [2.45, 2.75) is 52.3 Å². The van der Waals surface area contributed by atoms with Crippen molar-refractivity contribution in [3.63, 3.8) is 0 Å². The molecule has 0 spiro atoms. The molecule has 3 atom stereocenters. The Morgan fingerprint density at radius 1 is 1.44 bits per heavy atom. The average molecular weight is 348 g/mol. The number of carbonyl (C=O) groups is 1. The molecule has 1 aliphatic rings. The van der Waals surface area contributed by atoms with Gasteiger partial charge >= 0.3 is 6.03 Å². The van der Waals surface area contributed by atoms with Gasteiger partial charge in [-0.05, 0) is 33.8 Å². The van der Waals surface area contributed by atoms with Crippen molar-refractivity contribution in [1.29, 1.82) is 0 Å². The maximum Gasteiger partial charge on any atom is 0.318 e. The monoisotopic (exact) mass is 348 g/mol. The summed E-state index contributed by atoms with van der Waals surface area (Å²) in [5.74, 6) is 2.63. The van der Waals surface area contributed by atoms with E-state index >= 15 is 0 Å². The van der Waals surface area contributed by atoms with E-state index in [4.69, 9.17) is 13.7 Å². The summed E-state index contributed by atoms with van der Waals surface area (Å²) in [4.78, 5) is 18.8. The van der Waals surface area contributed by atoms with Gasteiger partial charge in [0.25, 0.3) is 0 Å². The largest absolute Gasteiger partial charge is 0.466 e. The molecule has 0 radical (unpaired) electrons. The Labute approximate surface area is 146 Å². The first kappa shape index (κ1) is 17.5. The highest BCUT2D eigenvalue weighted by molar-refractivity contribution is 5.75. The SMILES string of the molecule is CO[C@H]1C[C@H](c2nc(C)no2)N(C(=O)N[C@@H](C)c2cc(C)oc2C)C1. The van der Waals surface area contributed by atoms with Gasteiger partial charge in [-0.1, -0.05) is 5.16 Å². The van der Waals surface area contributed by atoms with Crippen LogP contribution in [0.25, 0.3) is 0 Å². The van der Waals surface area contributed by atoms with E-state index in [1.54, 1.807) is 18.9 Å². The van der Waals surface area contributed by atoms with Crippen molar-refractivity contribution in [2.75, 3.05) is 13.7 Å². The van der Waals surface area contributed by atoms with Crippen LogP contribution in [0.2, 0.25) is 0 Å². The van der Waals surface area contributed by atoms with E-state index in [9.17, 15) is 4.79 Å². The third-order valence-electron chi connectivity index (χ3n) is 4.57. The fourth-order valence-electron chi connectivity index (χ4n) is 3.30. The maximum atomic E-state index is 12.8. The zero-order valence-corrected chi connectivity index (χ0v) is 15.2. The number of aryl methyl sites for hydroxylation is 3. The topological polar surface area (TPSA) is 93.6 Å². The van der Waals surface area contributed by atoms with Crippen LogP contribution in [0, 0.1) is 20.8 Å². The number of ether oxygens (including phenoxy) is 1. The molecule has 0 unspecified atom stereocenters. The third-order valence-corrected chi connectivity index (χ3v) is 4.57. The molecular formula is C17H24N4O4. The Kier molecular flexibility index (Phi) is 4.80. The van der Waals surface area contributed by atoms with Crippen LogP contribution in [0.15, 0.2) is 15.0 Å². The van der Waals surface area contributed by atoms with Crippen LogP contribution in [-0.4, -0.2) is 40.8 Å². The van der Waals surface area contributed by atoms with Crippen molar-refractivity contribution in [3.05, 3.63) is 34.9 Å². The zero-order chi connectivity index (χ0) is 18.1. The molecule has 25 heavy (non-hydrogen) atoms. The maximum absolute atomic E-state index is 12.8. The molecule has 0 aliphatic carbocycles. The summed E-state index contributed by atoms with van der Waals surface area (Å²) in [6.07, 6.45) is 0.570. The van der Waals surface area contributed by atoms with Gasteiger partial charge in [0, 0.05) is 25.6 Å². The number of rotatable bonds is 4. The summed E-state index contributed by atoms with van der Waals surface area (Å²) in [5.41, 5.74) is 0.971. The Bertz CT molecular complexity index is 754. The van der Waals surface area contributed by atoms with Crippen LogP contribution in [0.1, 0.15) is 54.2 Å². The average Bonchev–Trinajstić information content (AvgIpc) is 3.25. The minimum absolute atomic E-state index is 0.0591. The Morgan fingerprint density at radius 2 is 2.20 bits per heavy atom. The summed E-state index contributed by atoms with van der Waals surface area (Å²) in [6, 6.07) is 1.30.